The van der Waals surface area contributed by atoms with E-state index < -0.39 is 11.4 Å². The first-order chi connectivity index (χ1) is 11.3. The first-order valence-corrected chi connectivity index (χ1v) is 8.62. The molecule has 1 fully saturated rings. The lowest BCUT2D eigenvalue weighted by atomic mass is 9.87. The minimum atomic E-state index is -0.985. The highest BCUT2D eigenvalue weighted by molar-refractivity contribution is 5.92. The van der Waals surface area contributed by atoms with Crippen molar-refractivity contribution in [2.45, 2.75) is 51.5 Å². The third kappa shape index (κ3) is 4.35. The van der Waals surface area contributed by atoms with Crippen LogP contribution in [0, 0.1) is 5.92 Å². The smallest absolute Gasteiger partial charge is 0.243 e. The summed E-state index contributed by atoms with van der Waals surface area (Å²) < 4.78 is 5.29. The van der Waals surface area contributed by atoms with Gasteiger partial charge in [-0.1, -0.05) is 38.1 Å². The van der Waals surface area contributed by atoms with Crippen LogP contribution in [0.2, 0.25) is 0 Å². The average molecular weight is 332 g/mol. The van der Waals surface area contributed by atoms with E-state index in [1.807, 2.05) is 19.1 Å². The molecule has 5 heteroatoms. The van der Waals surface area contributed by atoms with E-state index in [1.165, 1.54) is 5.56 Å². The van der Waals surface area contributed by atoms with E-state index in [2.05, 4.69) is 31.3 Å². The van der Waals surface area contributed by atoms with Crippen molar-refractivity contribution in [1.82, 2.24) is 5.32 Å². The second-order valence-corrected chi connectivity index (χ2v) is 7.11. The molecule has 24 heavy (non-hydrogen) atoms. The van der Waals surface area contributed by atoms with Crippen molar-refractivity contribution in [1.29, 1.82) is 0 Å². The first kappa shape index (κ1) is 18.5. The molecule has 1 aliphatic rings. The molecular formula is C19H28N2O3. The predicted octanol–water partition coefficient (Wildman–Crippen LogP) is 2.14. The van der Waals surface area contributed by atoms with E-state index in [4.69, 9.17) is 10.5 Å². The largest absolute Gasteiger partial charge is 0.381 e. The van der Waals surface area contributed by atoms with Crippen LogP contribution in [0.1, 0.15) is 50.7 Å². The van der Waals surface area contributed by atoms with Crippen LogP contribution in [-0.4, -0.2) is 30.6 Å². The Hall–Kier alpha value is -1.88. The van der Waals surface area contributed by atoms with Gasteiger partial charge in [-0.3, -0.25) is 9.59 Å². The molecule has 1 atom stereocenters. The zero-order chi connectivity index (χ0) is 17.7. The quantitative estimate of drug-likeness (QED) is 0.837. The number of amides is 2. The van der Waals surface area contributed by atoms with Crippen molar-refractivity contribution >= 4 is 11.8 Å². The maximum atomic E-state index is 12.6. The number of carbonyl (C=O) groups excluding carboxylic acids is 2. The summed E-state index contributed by atoms with van der Waals surface area (Å²) in [4.78, 5) is 24.5. The molecule has 1 aromatic rings. The highest BCUT2D eigenvalue weighted by atomic mass is 16.5. The van der Waals surface area contributed by atoms with Crippen LogP contribution in [0.25, 0.3) is 0 Å². The molecule has 0 aliphatic carbocycles. The van der Waals surface area contributed by atoms with Gasteiger partial charge in [-0.2, -0.15) is 0 Å². The molecule has 1 aliphatic heterocycles. The van der Waals surface area contributed by atoms with Crippen molar-refractivity contribution < 1.29 is 14.3 Å². The Labute approximate surface area is 143 Å². The van der Waals surface area contributed by atoms with Gasteiger partial charge in [-0.05, 0) is 30.4 Å². The number of rotatable bonds is 6. The summed E-state index contributed by atoms with van der Waals surface area (Å²) in [6.07, 6.45) is 1.87. The maximum absolute atomic E-state index is 12.6. The lowest BCUT2D eigenvalue weighted by Gasteiger charge is -2.35. The highest BCUT2D eigenvalue weighted by Gasteiger charge is 2.40. The summed E-state index contributed by atoms with van der Waals surface area (Å²) in [5, 5.41) is 2.88. The topological polar surface area (TPSA) is 81.4 Å². The highest BCUT2D eigenvalue weighted by Crippen LogP contribution is 2.23. The van der Waals surface area contributed by atoms with E-state index in [0.29, 0.717) is 32.0 Å². The van der Waals surface area contributed by atoms with Crippen molar-refractivity contribution in [2.75, 3.05) is 13.2 Å². The summed E-state index contributed by atoms with van der Waals surface area (Å²) in [6, 6.07) is 8.11. The molecule has 1 aromatic carbocycles. The standard InChI is InChI=1S/C19H28N2O3/c1-13(2)12-15-4-6-16(7-5-15)14(3)17(22)21-19(18(20)23)8-10-24-11-9-19/h4-7,13-14H,8-12H2,1-3H3,(H2,20,23)(H,21,22)/t14-/m0/s1. The zero-order valence-corrected chi connectivity index (χ0v) is 14.8. The summed E-state index contributed by atoms with van der Waals surface area (Å²) in [7, 11) is 0. The fraction of sp³-hybridized carbons (Fsp3) is 0.579. The van der Waals surface area contributed by atoms with Gasteiger partial charge in [-0.25, -0.2) is 0 Å². The number of ether oxygens (including phenoxy) is 1. The van der Waals surface area contributed by atoms with Gasteiger partial charge < -0.3 is 15.8 Å². The van der Waals surface area contributed by atoms with Gasteiger partial charge in [0.05, 0.1) is 5.92 Å². The lowest BCUT2D eigenvalue weighted by molar-refractivity contribution is -0.135. The van der Waals surface area contributed by atoms with Crippen LogP contribution in [0.3, 0.4) is 0 Å². The Balaban J connectivity index is 2.06. The van der Waals surface area contributed by atoms with Gasteiger partial charge in [-0.15, -0.1) is 0 Å². The number of carbonyl (C=O) groups is 2. The van der Waals surface area contributed by atoms with E-state index in [-0.39, 0.29) is 11.8 Å². The van der Waals surface area contributed by atoms with Crippen LogP contribution in [-0.2, 0) is 20.7 Å². The number of nitrogens with one attached hydrogen (secondary N) is 1. The van der Waals surface area contributed by atoms with Gasteiger partial charge in [0.1, 0.15) is 5.54 Å². The molecule has 132 valence electrons. The Bertz CT molecular complexity index is 575. The average Bonchev–Trinajstić information content (AvgIpc) is 2.55. The fourth-order valence-electron chi connectivity index (χ4n) is 3.06. The fourth-order valence-corrected chi connectivity index (χ4v) is 3.06. The molecule has 0 radical (unpaired) electrons. The van der Waals surface area contributed by atoms with Crippen molar-refractivity contribution in [3.8, 4) is 0 Å². The van der Waals surface area contributed by atoms with Gasteiger partial charge >= 0.3 is 0 Å². The molecule has 0 spiro atoms. The number of primary amides is 1. The maximum Gasteiger partial charge on any atom is 0.243 e. The van der Waals surface area contributed by atoms with E-state index in [9.17, 15) is 9.59 Å². The molecule has 2 amide bonds. The minimum Gasteiger partial charge on any atom is -0.381 e. The molecule has 2 rings (SSSR count). The minimum absolute atomic E-state index is 0.174. The van der Waals surface area contributed by atoms with Crippen LogP contribution in [0.5, 0.6) is 0 Å². The molecule has 0 unspecified atom stereocenters. The molecule has 0 aromatic heterocycles. The second kappa shape index (κ2) is 7.79. The Morgan fingerprint density at radius 1 is 1.17 bits per heavy atom. The lowest BCUT2D eigenvalue weighted by Crippen LogP contribution is -2.60. The molecule has 3 N–H and O–H groups in total. The van der Waals surface area contributed by atoms with Gasteiger partial charge in [0.2, 0.25) is 11.8 Å². The molecular weight excluding hydrogens is 304 g/mol. The van der Waals surface area contributed by atoms with Crippen molar-refractivity contribution in [2.24, 2.45) is 11.7 Å². The molecule has 1 heterocycles. The van der Waals surface area contributed by atoms with Crippen molar-refractivity contribution in [3.63, 3.8) is 0 Å². The van der Waals surface area contributed by atoms with E-state index >= 15 is 0 Å². The molecule has 1 saturated heterocycles. The Morgan fingerprint density at radius 3 is 2.25 bits per heavy atom. The number of benzene rings is 1. The van der Waals surface area contributed by atoms with Crippen LogP contribution in [0.4, 0.5) is 0 Å². The molecule has 0 bridgehead atoms. The van der Waals surface area contributed by atoms with Gasteiger partial charge in [0.15, 0.2) is 0 Å². The summed E-state index contributed by atoms with van der Waals surface area (Å²) in [5.74, 6) is -0.399. The summed E-state index contributed by atoms with van der Waals surface area (Å²) >= 11 is 0. The third-order valence-corrected chi connectivity index (χ3v) is 4.70. The van der Waals surface area contributed by atoms with Crippen molar-refractivity contribution in [3.05, 3.63) is 35.4 Å². The summed E-state index contributed by atoms with van der Waals surface area (Å²) in [5.41, 5.74) is 6.76. The second-order valence-electron chi connectivity index (χ2n) is 7.11. The number of hydrogen-bond acceptors (Lipinski definition) is 3. The first-order valence-electron chi connectivity index (χ1n) is 8.62. The zero-order valence-electron chi connectivity index (χ0n) is 14.8. The van der Waals surface area contributed by atoms with Crippen LogP contribution >= 0.6 is 0 Å². The molecule has 0 saturated carbocycles. The normalized spacial score (nSPS) is 18.2. The number of hydrogen-bond donors (Lipinski definition) is 2. The van der Waals surface area contributed by atoms with E-state index in [1.54, 1.807) is 0 Å². The third-order valence-electron chi connectivity index (χ3n) is 4.70. The number of nitrogens with two attached hydrogens (primary N) is 1. The van der Waals surface area contributed by atoms with Crippen LogP contribution < -0.4 is 11.1 Å². The SMILES string of the molecule is CC(C)Cc1ccc([C@H](C)C(=O)NC2(C(N)=O)CCOCC2)cc1. The van der Waals surface area contributed by atoms with Gasteiger partial charge in [0.25, 0.3) is 0 Å². The predicted molar refractivity (Wildman–Crippen MR) is 93.5 cm³/mol. The van der Waals surface area contributed by atoms with Gasteiger partial charge in [0, 0.05) is 26.1 Å². The van der Waals surface area contributed by atoms with Crippen LogP contribution in [0.15, 0.2) is 24.3 Å². The Morgan fingerprint density at radius 2 is 1.75 bits per heavy atom. The molecule has 5 nitrogen and oxygen atoms in total. The Kier molecular flexibility index (Phi) is 5.99. The monoisotopic (exact) mass is 332 g/mol. The van der Waals surface area contributed by atoms with E-state index in [0.717, 1.165) is 12.0 Å². The summed E-state index contributed by atoms with van der Waals surface area (Å²) in [6.45, 7) is 7.08.